The highest BCUT2D eigenvalue weighted by molar-refractivity contribution is 6.34. The Kier molecular flexibility index (Phi) is 7.40. The van der Waals surface area contributed by atoms with Crippen LogP contribution in [0.1, 0.15) is 37.9 Å². The largest absolute Gasteiger partial charge is 0.365 e. The second-order valence-electron chi connectivity index (χ2n) is 8.93. The summed E-state index contributed by atoms with van der Waals surface area (Å²) in [6, 6.07) is 6.57. The van der Waals surface area contributed by atoms with Crippen molar-refractivity contribution < 1.29 is 8.78 Å². The van der Waals surface area contributed by atoms with Crippen LogP contribution in [0.5, 0.6) is 0 Å². The van der Waals surface area contributed by atoms with Gasteiger partial charge in [0.1, 0.15) is 25.0 Å². The molecule has 2 radical (unpaired) electrons. The number of hydrogen-bond donors (Lipinski definition) is 3. The zero-order valence-corrected chi connectivity index (χ0v) is 19.8. The van der Waals surface area contributed by atoms with E-state index in [1.807, 2.05) is 0 Å². The maximum absolute atomic E-state index is 13.9. The minimum atomic E-state index is -0.729. The summed E-state index contributed by atoms with van der Waals surface area (Å²) < 4.78 is 29.1. The summed E-state index contributed by atoms with van der Waals surface area (Å²) in [6.07, 6.45) is 2.00. The van der Waals surface area contributed by atoms with Crippen molar-refractivity contribution in [2.24, 2.45) is 5.92 Å². The predicted molar refractivity (Wildman–Crippen MR) is 135 cm³/mol. The molecule has 0 unspecified atom stereocenters. The fraction of sp³-hybridized carbons (Fsp3) is 0.360. The molecule has 0 atom stereocenters. The maximum Gasteiger partial charge on any atom is 0.295 e. The monoisotopic (exact) mass is 476 g/mol. The molecule has 1 saturated heterocycles. The van der Waals surface area contributed by atoms with Crippen LogP contribution in [-0.2, 0) is 6.54 Å². The van der Waals surface area contributed by atoms with Crippen LogP contribution in [0.15, 0.2) is 40.6 Å². The van der Waals surface area contributed by atoms with E-state index in [9.17, 15) is 13.6 Å². The molecule has 3 aromatic rings. The number of anilines is 1. The highest BCUT2D eigenvalue weighted by Crippen LogP contribution is 2.21. The molecule has 4 rings (SSSR count). The number of fused-ring (bicyclic) bond motifs is 1. The fourth-order valence-corrected chi connectivity index (χ4v) is 4.42. The van der Waals surface area contributed by atoms with Crippen LogP contribution in [0.2, 0.25) is 0 Å². The quantitative estimate of drug-likeness (QED) is 0.359. The van der Waals surface area contributed by atoms with Crippen LogP contribution in [0.25, 0.3) is 16.7 Å². The number of rotatable bonds is 7. The lowest BCUT2D eigenvalue weighted by molar-refractivity contribution is 0.389. The van der Waals surface area contributed by atoms with Crippen molar-refractivity contribution >= 4 is 36.1 Å². The van der Waals surface area contributed by atoms with Gasteiger partial charge in [0.05, 0.1) is 12.2 Å². The normalized spacial score (nSPS) is 15.2. The van der Waals surface area contributed by atoms with Crippen molar-refractivity contribution in [3.63, 3.8) is 0 Å². The molecule has 0 saturated carbocycles. The lowest BCUT2D eigenvalue weighted by Gasteiger charge is -2.23. The van der Waals surface area contributed by atoms with Crippen molar-refractivity contribution in [2.75, 3.05) is 25.0 Å². The van der Waals surface area contributed by atoms with Gasteiger partial charge in [-0.3, -0.25) is 9.36 Å². The van der Waals surface area contributed by atoms with E-state index >= 15 is 0 Å². The van der Waals surface area contributed by atoms with Gasteiger partial charge >= 0.3 is 0 Å². The van der Waals surface area contributed by atoms with Crippen molar-refractivity contribution in [1.82, 2.24) is 19.9 Å². The molecule has 3 heterocycles. The maximum atomic E-state index is 13.9. The summed E-state index contributed by atoms with van der Waals surface area (Å²) in [7, 11) is 5.99. The molecule has 0 amide bonds. The Labute approximate surface area is 203 Å². The molecule has 1 aliphatic rings. The molecular formula is C25H27BF2N6O. The smallest absolute Gasteiger partial charge is 0.295 e. The van der Waals surface area contributed by atoms with E-state index in [0.717, 1.165) is 32.0 Å². The summed E-state index contributed by atoms with van der Waals surface area (Å²) in [5.41, 5.74) is 2.03. The first-order chi connectivity index (χ1) is 16.7. The second kappa shape index (κ2) is 10.5. The van der Waals surface area contributed by atoms with E-state index < -0.39 is 17.2 Å². The number of piperidine rings is 1. The van der Waals surface area contributed by atoms with E-state index in [2.05, 4.69) is 20.6 Å². The molecule has 1 aromatic carbocycles. The zero-order valence-electron chi connectivity index (χ0n) is 19.8. The Morgan fingerprint density at radius 2 is 1.86 bits per heavy atom. The lowest BCUT2D eigenvalue weighted by atomic mass is 9.88. The van der Waals surface area contributed by atoms with Gasteiger partial charge in [-0.2, -0.15) is 0 Å². The van der Waals surface area contributed by atoms with Gasteiger partial charge in [-0.25, -0.2) is 18.7 Å². The summed E-state index contributed by atoms with van der Waals surface area (Å²) in [6.45, 7) is 5.64. The summed E-state index contributed by atoms with van der Waals surface area (Å²) in [5.74, 6) is -0.882. The minimum Gasteiger partial charge on any atom is -0.365 e. The van der Waals surface area contributed by atoms with Crippen LogP contribution in [0.3, 0.4) is 0 Å². The molecule has 3 N–H and O–H groups in total. The van der Waals surface area contributed by atoms with Gasteiger partial charge in [0.15, 0.2) is 11.5 Å². The fourth-order valence-electron chi connectivity index (χ4n) is 4.42. The van der Waals surface area contributed by atoms with Gasteiger partial charge in [-0.15, -0.1) is 5.47 Å². The molecule has 35 heavy (non-hydrogen) atoms. The molecule has 180 valence electrons. The van der Waals surface area contributed by atoms with Crippen LogP contribution in [0, 0.1) is 23.0 Å². The lowest BCUT2D eigenvalue weighted by Crippen LogP contribution is -2.33. The first-order valence-electron chi connectivity index (χ1n) is 11.6. The molecule has 0 aliphatic carbocycles. The summed E-state index contributed by atoms with van der Waals surface area (Å²) in [5, 5.41) is 14.6. The van der Waals surface area contributed by atoms with Gasteiger partial charge in [0.25, 0.3) is 5.56 Å². The van der Waals surface area contributed by atoms with Crippen molar-refractivity contribution in [3.8, 4) is 0 Å². The van der Waals surface area contributed by atoms with Gasteiger partial charge in [-0.05, 0) is 68.6 Å². The Hall–Kier alpha value is -3.40. The Bertz CT molecular complexity index is 1340. The second-order valence-corrected chi connectivity index (χ2v) is 8.93. The average molecular weight is 476 g/mol. The summed E-state index contributed by atoms with van der Waals surface area (Å²) >= 11 is 0. The minimum absolute atomic E-state index is 0.102. The van der Waals surface area contributed by atoms with Gasteiger partial charge in [0, 0.05) is 23.9 Å². The molecule has 10 heteroatoms. The zero-order chi connectivity index (χ0) is 25.1. The van der Waals surface area contributed by atoms with E-state index in [0.29, 0.717) is 34.7 Å². The number of pyridine rings is 1. The Morgan fingerprint density at radius 3 is 2.49 bits per heavy atom. The Morgan fingerprint density at radius 1 is 1.17 bits per heavy atom. The molecule has 1 aliphatic heterocycles. The van der Waals surface area contributed by atoms with E-state index in [1.54, 1.807) is 26.0 Å². The Balaban J connectivity index is 1.83. The topological polar surface area (TPSA) is 95.7 Å². The highest BCUT2D eigenvalue weighted by Gasteiger charge is 2.18. The van der Waals surface area contributed by atoms with Crippen molar-refractivity contribution in [3.05, 3.63) is 69.0 Å². The average Bonchev–Trinajstić information content (AvgIpc) is 2.79. The van der Waals surface area contributed by atoms with Gasteiger partial charge in [0.2, 0.25) is 0 Å². The molecule has 0 spiro atoms. The van der Waals surface area contributed by atoms with Crippen molar-refractivity contribution in [1.29, 1.82) is 5.41 Å². The third kappa shape index (κ3) is 5.64. The van der Waals surface area contributed by atoms with Crippen LogP contribution < -0.4 is 16.2 Å². The molecule has 1 fully saturated rings. The van der Waals surface area contributed by atoms with Crippen molar-refractivity contribution in [2.45, 2.75) is 33.2 Å². The molecule has 7 nitrogen and oxygen atoms in total. The van der Waals surface area contributed by atoms with Crippen LogP contribution in [-0.4, -0.2) is 47.7 Å². The molecule has 2 aromatic heterocycles. The number of nitrogens with one attached hydrogen (secondary N) is 3. The molecular weight excluding hydrogens is 449 g/mol. The number of nitrogens with zero attached hydrogens (tertiary/aromatic N) is 3. The number of aromatic nitrogens is 3. The van der Waals surface area contributed by atoms with E-state index in [1.165, 1.54) is 16.7 Å². The first-order valence-corrected chi connectivity index (χ1v) is 11.6. The number of allylic oxidation sites excluding steroid dienone is 2. The van der Waals surface area contributed by atoms with Crippen LogP contribution >= 0.6 is 0 Å². The SMILES string of the molecule is [B]/C(C)=C(\C(C)=N)c1ccc2nc(NCC3CCNCC3)c(=O)n(Cc3cc(F)cc(F)c3)c2n1. The number of halogens is 2. The van der Waals surface area contributed by atoms with E-state index in [-0.39, 0.29) is 29.3 Å². The first kappa shape index (κ1) is 24.7. The summed E-state index contributed by atoms with van der Waals surface area (Å²) in [4.78, 5) is 22.6. The van der Waals surface area contributed by atoms with E-state index in [4.69, 9.17) is 13.3 Å². The number of hydrogen-bond acceptors (Lipinski definition) is 6. The third-order valence-electron chi connectivity index (χ3n) is 6.10. The van der Waals surface area contributed by atoms with Gasteiger partial charge < -0.3 is 16.0 Å². The standard InChI is InChI=1S/C25H27BF2N6O/c1-14(26)22(15(2)29)20-3-4-21-24(33-20)34(13-17-9-18(27)11-19(28)10-17)25(35)23(32-21)31-12-16-5-7-30-8-6-16/h3-4,9-11,16,29-30H,5-8,12-13H2,1-2H3,(H,31,32)/b22-14+,29-15?. The number of benzene rings is 1. The highest BCUT2D eigenvalue weighted by atomic mass is 19.1. The van der Waals surface area contributed by atoms with Gasteiger partial charge in [-0.1, -0.05) is 6.92 Å². The third-order valence-corrected chi connectivity index (χ3v) is 6.10. The van der Waals surface area contributed by atoms with Crippen LogP contribution in [0.4, 0.5) is 14.6 Å². The predicted octanol–water partition coefficient (Wildman–Crippen LogP) is 3.47. The molecule has 0 bridgehead atoms.